The molecular formula is C30H36ClN3O5. The molecule has 2 aromatic heterocycles. The number of phenolic OH excluding ortho intramolecular Hbond substituents is 1. The van der Waals surface area contributed by atoms with E-state index in [9.17, 15) is 14.7 Å². The van der Waals surface area contributed by atoms with Crippen molar-refractivity contribution in [3.05, 3.63) is 59.6 Å². The fraction of sp³-hybridized carbons (Fsp3) is 0.433. The van der Waals surface area contributed by atoms with E-state index < -0.39 is 11.0 Å². The van der Waals surface area contributed by atoms with E-state index in [4.69, 9.17) is 20.8 Å². The highest BCUT2D eigenvalue weighted by atomic mass is 35.5. The number of aromatic nitrogens is 1. The molecule has 3 aromatic rings. The number of aromatic hydroxyl groups is 1. The van der Waals surface area contributed by atoms with Crippen molar-refractivity contribution in [3.8, 4) is 28.2 Å². The van der Waals surface area contributed by atoms with Crippen LogP contribution in [-0.4, -0.2) is 52.2 Å². The Morgan fingerprint density at radius 3 is 2.36 bits per heavy atom. The molecule has 0 bridgehead atoms. The predicted molar refractivity (Wildman–Crippen MR) is 151 cm³/mol. The number of carbonyl (C=O) groups is 2. The highest BCUT2D eigenvalue weighted by Crippen LogP contribution is 2.40. The Morgan fingerprint density at radius 1 is 1.08 bits per heavy atom. The first-order valence-electron chi connectivity index (χ1n) is 13.1. The summed E-state index contributed by atoms with van der Waals surface area (Å²) >= 11 is 6.04. The SMILES string of the molecule is CC(C)(C)OC(=O)N1CCC(C(=O)NCC(C)(C)c2cc(-c3ccc(Cl)c(O)c3)c(-c3ccncc3)o2)CC1. The van der Waals surface area contributed by atoms with Gasteiger partial charge in [-0.25, -0.2) is 4.79 Å². The van der Waals surface area contributed by atoms with Crippen molar-refractivity contribution >= 4 is 23.6 Å². The Hall–Kier alpha value is -3.52. The van der Waals surface area contributed by atoms with E-state index in [-0.39, 0.29) is 28.7 Å². The van der Waals surface area contributed by atoms with E-state index in [1.54, 1.807) is 29.4 Å². The summed E-state index contributed by atoms with van der Waals surface area (Å²) in [4.78, 5) is 31.2. The first-order chi connectivity index (χ1) is 18.3. The zero-order valence-corrected chi connectivity index (χ0v) is 23.8. The van der Waals surface area contributed by atoms with Gasteiger partial charge in [-0.1, -0.05) is 31.5 Å². The second-order valence-electron chi connectivity index (χ2n) is 11.6. The number of hydrogen-bond acceptors (Lipinski definition) is 6. The smallest absolute Gasteiger partial charge is 0.410 e. The van der Waals surface area contributed by atoms with Gasteiger partial charge in [0.15, 0.2) is 0 Å². The summed E-state index contributed by atoms with van der Waals surface area (Å²) in [5, 5.41) is 13.6. The molecule has 39 heavy (non-hydrogen) atoms. The van der Waals surface area contributed by atoms with Crippen molar-refractivity contribution in [1.29, 1.82) is 0 Å². The first-order valence-corrected chi connectivity index (χ1v) is 13.5. The highest BCUT2D eigenvalue weighted by molar-refractivity contribution is 6.32. The number of halogens is 1. The van der Waals surface area contributed by atoms with Gasteiger partial charge in [0.2, 0.25) is 5.91 Å². The number of rotatable bonds is 6. The molecule has 9 heteroatoms. The fourth-order valence-electron chi connectivity index (χ4n) is 4.53. The molecule has 0 unspecified atom stereocenters. The largest absolute Gasteiger partial charge is 0.506 e. The number of carbonyl (C=O) groups excluding carboxylic acids is 2. The highest BCUT2D eigenvalue weighted by Gasteiger charge is 2.32. The molecule has 2 amide bonds. The van der Waals surface area contributed by atoms with Gasteiger partial charge in [0.1, 0.15) is 22.9 Å². The number of likely N-dealkylation sites (tertiary alicyclic amines) is 1. The zero-order valence-electron chi connectivity index (χ0n) is 23.1. The number of furan rings is 1. The van der Waals surface area contributed by atoms with E-state index in [1.807, 2.05) is 58.9 Å². The third-order valence-electron chi connectivity index (χ3n) is 6.82. The molecule has 3 heterocycles. The summed E-state index contributed by atoms with van der Waals surface area (Å²) in [5.74, 6) is 1.12. The standard InChI is InChI=1S/C30H36ClN3O5/c1-29(2,3)39-28(37)34-14-10-20(11-15-34)27(36)33-18-30(4,5)25-17-22(21-6-7-23(31)24(35)16-21)26(38-25)19-8-12-32-13-9-19/h6-9,12-13,16-17,20,35H,10-11,14-15,18H2,1-5H3,(H,33,36). The van der Waals surface area contributed by atoms with Crippen LogP contribution < -0.4 is 5.32 Å². The van der Waals surface area contributed by atoms with Crippen LogP contribution in [0.3, 0.4) is 0 Å². The third-order valence-corrected chi connectivity index (χ3v) is 7.14. The normalized spacial score (nSPS) is 14.8. The third kappa shape index (κ3) is 6.92. The van der Waals surface area contributed by atoms with Gasteiger partial charge in [0.05, 0.1) is 5.02 Å². The summed E-state index contributed by atoms with van der Waals surface area (Å²) in [6.45, 7) is 10.9. The molecule has 1 aliphatic heterocycles. The number of amides is 2. The number of ether oxygens (including phenoxy) is 1. The molecule has 0 saturated carbocycles. The molecule has 0 radical (unpaired) electrons. The van der Waals surface area contributed by atoms with E-state index in [1.165, 1.54) is 0 Å². The van der Waals surface area contributed by atoms with Gasteiger partial charge in [0, 0.05) is 54.5 Å². The van der Waals surface area contributed by atoms with Gasteiger partial charge < -0.3 is 24.5 Å². The minimum Gasteiger partial charge on any atom is -0.506 e. The van der Waals surface area contributed by atoms with Crippen molar-refractivity contribution < 1.29 is 23.8 Å². The van der Waals surface area contributed by atoms with Crippen LogP contribution in [0, 0.1) is 5.92 Å². The number of phenols is 1. The van der Waals surface area contributed by atoms with Crippen LogP contribution in [0.1, 0.15) is 53.2 Å². The molecule has 208 valence electrons. The maximum atomic E-state index is 13.0. The van der Waals surface area contributed by atoms with Crippen molar-refractivity contribution in [3.63, 3.8) is 0 Å². The van der Waals surface area contributed by atoms with Crippen LogP contribution in [0.2, 0.25) is 5.02 Å². The zero-order chi connectivity index (χ0) is 28.4. The Kier molecular flexibility index (Phi) is 8.25. The molecule has 1 saturated heterocycles. The molecule has 8 nitrogen and oxygen atoms in total. The second kappa shape index (κ2) is 11.3. The van der Waals surface area contributed by atoms with Gasteiger partial charge >= 0.3 is 6.09 Å². The van der Waals surface area contributed by atoms with Crippen LogP contribution in [0.5, 0.6) is 5.75 Å². The Bertz CT molecular complexity index is 1320. The lowest BCUT2D eigenvalue weighted by Crippen LogP contribution is -2.46. The summed E-state index contributed by atoms with van der Waals surface area (Å²) in [6, 6.07) is 10.8. The van der Waals surface area contributed by atoms with Crippen molar-refractivity contribution in [2.24, 2.45) is 5.92 Å². The molecule has 1 aromatic carbocycles. The minimum atomic E-state index is -0.548. The van der Waals surface area contributed by atoms with Gasteiger partial charge in [-0.05, 0) is 69.5 Å². The number of pyridine rings is 1. The Balaban J connectivity index is 1.46. The van der Waals surface area contributed by atoms with Gasteiger partial charge in [-0.2, -0.15) is 0 Å². The van der Waals surface area contributed by atoms with Crippen LogP contribution >= 0.6 is 11.6 Å². The Morgan fingerprint density at radius 2 is 1.74 bits per heavy atom. The summed E-state index contributed by atoms with van der Waals surface area (Å²) in [6.07, 6.45) is 4.22. The topological polar surface area (TPSA) is 105 Å². The van der Waals surface area contributed by atoms with Crippen molar-refractivity contribution in [2.75, 3.05) is 19.6 Å². The number of nitrogens with zero attached hydrogens (tertiary/aromatic N) is 2. The van der Waals surface area contributed by atoms with Crippen LogP contribution in [0.15, 0.2) is 53.2 Å². The minimum absolute atomic E-state index is 0.0122. The van der Waals surface area contributed by atoms with E-state index >= 15 is 0 Å². The van der Waals surface area contributed by atoms with Crippen molar-refractivity contribution in [1.82, 2.24) is 15.2 Å². The quantitative estimate of drug-likeness (QED) is 0.365. The average molecular weight is 554 g/mol. The number of nitrogens with one attached hydrogen (secondary N) is 1. The maximum absolute atomic E-state index is 13.0. The number of piperidine rings is 1. The van der Waals surface area contributed by atoms with Gasteiger partial charge in [-0.3, -0.25) is 9.78 Å². The van der Waals surface area contributed by atoms with Crippen molar-refractivity contribution in [2.45, 2.75) is 58.5 Å². The molecular weight excluding hydrogens is 518 g/mol. The van der Waals surface area contributed by atoms with Gasteiger partial charge in [0.25, 0.3) is 0 Å². The summed E-state index contributed by atoms with van der Waals surface area (Å²) in [7, 11) is 0. The predicted octanol–water partition coefficient (Wildman–Crippen LogP) is 6.41. The summed E-state index contributed by atoms with van der Waals surface area (Å²) < 4.78 is 11.9. The fourth-order valence-corrected chi connectivity index (χ4v) is 4.64. The van der Waals surface area contributed by atoms with E-state index in [0.717, 1.165) is 16.7 Å². The van der Waals surface area contributed by atoms with Gasteiger partial charge in [-0.15, -0.1) is 0 Å². The molecule has 0 atom stereocenters. The second-order valence-corrected chi connectivity index (χ2v) is 12.0. The Labute approximate surface area is 234 Å². The molecule has 1 fully saturated rings. The monoisotopic (exact) mass is 553 g/mol. The maximum Gasteiger partial charge on any atom is 0.410 e. The van der Waals surface area contributed by atoms with E-state index in [2.05, 4.69) is 10.3 Å². The molecule has 0 spiro atoms. The summed E-state index contributed by atoms with van der Waals surface area (Å²) in [5.41, 5.74) is 1.33. The molecule has 4 rings (SSSR count). The lowest BCUT2D eigenvalue weighted by Gasteiger charge is -2.33. The molecule has 0 aliphatic carbocycles. The van der Waals surface area contributed by atoms with E-state index in [0.29, 0.717) is 44.0 Å². The van der Waals surface area contributed by atoms with Crippen LogP contribution in [0.4, 0.5) is 4.79 Å². The number of benzene rings is 1. The van der Waals surface area contributed by atoms with Crippen LogP contribution in [0.25, 0.3) is 22.5 Å². The molecule has 2 N–H and O–H groups in total. The molecule has 1 aliphatic rings. The average Bonchev–Trinajstić information content (AvgIpc) is 3.35. The van der Waals surface area contributed by atoms with Crippen LogP contribution in [-0.2, 0) is 14.9 Å². The lowest BCUT2D eigenvalue weighted by molar-refractivity contribution is -0.126. The lowest BCUT2D eigenvalue weighted by atomic mass is 9.88. The first kappa shape index (κ1) is 28.5. The number of hydrogen-bond donors (Lipinski definition) is 2.